The third-order valence-corrected chi connectivity index (χ3v) is 18.6. The number of amides is 1. The Balaban J connectivity index is 2.38. The Morgan fingerprint density at radius 3 is 1.29 bits per heavy atom. The van der Waals surface area contributed by atoms with E-state index in [0.29, 0.717) is 25.9 Å². The molecule has 0 aliphatic carbocycles. The van der Waals surface area contributed by atoms with Crippen LogP contribution in [0.2, 0.25) is 0 Å². The molecule has 0 aromatic rings. The molecule has 21 heteroatoms. The Bertz CT molecular complexity index is 1750. The van der Waals surface area contributed by atoms with Crippen LogP contribution >= 0.6 is 7.82 Å². The molecule has 2 fully saturated rings. The summed E-state index contributed by atoms with van der Waals surface area (Å²) in [6.07, 6.45) is 32.8. The maximum absolute atomic E-state index is 13.2. The molecule has 0 aromatic carbocycles. The van der Waals surface area contributed by atoms with E-state index in [1.54, 1.807) is 0 Å². The fraction of sp³-hybridized carbons (Fsp3) is 0.972. The number of methoxy groups -OCH3 is 1. The average Bonchev–Trinajstić information content (AvgIpc) is 0.826. The second kappa shape index (κ2) is 57.5. The average molecular weight is 1340 g/mol. The molecule has 1 amide bonds. The van der Waals surface area contributed by atoms with Gasteiger partial charge >= 0.3 is 13.8 Å². The van der Waals surface area contributed by atoms with Gasteiger partial charge in [-0.3, -0.25) is 9.32 Å². The molecule has 13 atom stereocenters. The van der Waals surface area contributed by atoms with Gasteiger partial charge in [-0.2, -0.15) is 0 Å². The molecule has 0 saturated carbocycles. The van der Waals surface area contributed by atoms with Gasteiger partial charge in [-0.15, -0.1) is 0 Å². The maximum atomic E-state index is 13.2. The van der Waals surface area contributed by atoms with Crippen LogP contribution in [0, 0.1) is 0 Å². The first-order valence-corrected chi connectivity index (χ1v) is 38.9. The van der Waals surface area contributed by atoms with Crippen LogP contribution in [0.25, 0.3) is 0 Å². The molecule has 0 unspecified atom stereocenters. The van der Waals surface area contributed by atoms with Gasteiger partial charge in [0.05, 0.1) is 31.5 Å². The van der Waals surface area contributed by atoms with E-state index in [1.165, 1.54) is 175 Å². The van der Waals surface area contributed by atoms with Crippen molar-refractivity contribution >= 4 is 19.7 Å². The number of carbonyl (C=O) groups is 2. The van der Waals surface area contributed by atoms with Crippen molar-refractivity contribution in [3.63, 3.8) is 0 Å². The number of rotatable bonds is 65. The maximum Gasteiger partial charge on any atom is 0.470 e. The fourth-order valence-electron chi connectivity index (χ4n) is 12.6. The lowest BCUT2D eigenvalue weighted by molar-refractivity contribution is -0.330. The summed E-state index contributed by atoms with van der Waals surface area (Å²) in [7, 11) is -3.83. The summed E-state index contributed by atoms with van der Waals surface area (Å²) in [4.78, 5) is 45.9. The van der Waals surface area contributed by atoms with E-state index in [2.05, 4.69) is 33.0 Å². The third kappa shape index (κ3) is 43.8. The topological polar surface area (TPSA) is 277 Å². The third-order valence-electron chi connectivity index (χ3n) is 18.1. The highest BCUT2D eigenvalue weighted by Gasteiger charge is 2.53. The number of carboxylic acid groups (broad SMARTS) is 1. The molecule has 2 saturated heterocycles. The van der Waals surface area contributed by atoms with Gasteiger partial charge in [0.15, 0.2) is 12.6 Å². The van der Waals surface area contributed by atoms with Crippen LogP contribution in [0.15, 0.2) is 0 Å². The number of ether oxygens (including phenoxy) is 9. The minimum atomic E-state index is -5.23. The van der Waals surface area contributed by atoms with Crippen LogP contribution in [0.1, 0.15) is 311 Å². The van der Waals surface area contributed by atoms with Crippen LogP contribution in [-0.2, 0) is 61.3 Å². The van der Waals surface area contributed by atoms with Crippen molar-refractivity contribution < 1.29 is 91.5 Å². The first-order chi connectivity index (χ1) is 44.6. The minimum Gasteiger partial charge on any atom is -0.480 e. The predicted octanol–water partition coefficient (Wildman–Crippen LogP) is 14.7. The van der Waals surface area contributed by atoms with Crippen molar-refractivity contribution in [2.24, 2.45) is 0 Å². The summed E-state index contributed by atoms with van der Waals surface area (Å²) in [5, 5.41) is 47.1. The van der Waals surface area contributed by atoms with Gasteiger partial charge in [-0.05, 0) is 44.9 Å². The molecule has 0 bridgehead atoms. The molecule has 2 rings (SSSR count). The summed E-state index contributed by atoms with van der Waals surface area (Å²) in [5.74, 6) is -1.82. The Hall–Kier alpha value is -1.43. The lowest BCUT2D eigenvalue weighted by atomic mass is 9.96. The molecule has 2 aliphatic rings. The van der Waals surface area contributed by atoms with Gasteiger partial charge < -0.3 is 78.2 Å². The quantitative estimate of drug-likeness (QED) is 0.0220. The number of aliphatic hydroxyl groups is 3. The summed E-state index contributed by atoms with van der Waals surface area (Å²) in [6, 6.07) is -1.25. The molecule has 0 radical (unpaired) electrons. The van der Waals surface area contributed by atoms with Crippen LogP contribution in [0.5, 0.6) is 0 Å². The van der Waals surface area contributed by atoms with E-state index in [-0.39, 0.29) is 45.4 Å². The Kier molecular flexibility index (Phi) is 54.1. The van der Waals surface area contributed by atoms with E-state index >= 15 is 0 Å². The summed E-state index contributed by atoms with van der Waals surface area (Å²) in [6.45, 7) is 9.34. The molecule has 7 N–H and O–H groups in total. The van der Waals surface area contributed by atoms with E-state index in [4.69, 9.17) is 47.2 Å². The normalized spacial score (nSPS) is 23.0. The fourth-order valence-corrected chi connectivity index (χ4v) is 13.2. The first kappa shape index (κ1) is 86.7. The predicted molar refractivity (Wildman–Crippen MR) is 361 cm³/mol. The van der Waals surface area contributed by atoms with Crippen molar-refractivity contribution in [1.29, 1.82) is 0 Å². The lowest BCUT2D eigenvalue weighted by Gasteiger charge is -2.47. The zero-order chi connectivity index (χ0) is 67.3. The van der Waals surface area contributed by atoms with E-state index in [0.717, 1.165) is 83.5 Å². The number of unbranched alkanes of at least 4 members (excludes halogenated alkanes) is 33. The number of phosphoric ester groups is 1. The van der Waals surface area contributed by atoms with Gasteiger partial charge in [0, 0.05) is 40.5 Å². The van der Waals surface area contributed by atoms with Gasteiger partial charge in [0.2, 0.25) is 5.91 Å². The number of carbonyl (C=O) groups excluding carboxylic acids is 1. The van der Waals surface area contributed by atoms with Crippen LogP contribution < -0.4 is 5.32 Å². The Morgan fingerprint density at radius 1 is 0.457 bits per heavy atom. The van der Waals surface area contributed by atoms with Gasteiger partial charge in [0.1, 0.15) is 55.4 Å². The highest BCUT2D eigenvalue weighted by molar-refractivity contribution is 7.46. The standard InChI is InChI=1S/C71H138NO19P/c1-7-11-15-19-23-27-31-35-39-43-50-83-60(46-42-38-34-30-26-22-18-14-10-4)49-53-84-67-64(72-57(5)73)70(90-62(54-82-6)66(67)91-92(79,80)81)87-55-61-65(78)68(85-51-47-58(74)44-40-36-32-28-24-20-16-12-8-2)69(71(89-61)88-56-63(76)77)86-52-48-59(75)45-41-37-33-29-25-21-17-13-9-3/h58-62,64-71,74-75,78H,7-56H2,1-6H3,(H,72,73)(H,76,77)(H2,79,80,81)/t58-,59-,60-,61-,62-,64-,65-,66+,67-,68+,69-,70-,71+/m1/s1. The van der Waals surface area contributed by atoms with Crippen molar-refractivity contribution in [2.45, 2.75) is 390 Å². The Morgan fingerprint density at radius 2 is 0.859 bits per heavy atom. The Labute approximate surface area is 558 Å². The van der Waals surface area contributed by atoms with Crippen molar-refractivity contribution in [2.75, 3.05) is 53.4 Å². The molecule has 20 nitrogen and oxygen atoms in total. The van der Waals surface area contributed by atoms with Crippen molar-refractivity contribution in [3.8, 4) is 0 Å². The molecule has 2 aliphatic heterocycles. The SMILES string of the molecule is CCCCCCCCCCCCO[C@H](CCCCCCCCCCC)CCO[C@@H]1[C@@H](NC(C)=O)[C@H](OC[C@H]2O[C@H](OCC(=O)O)[C@H](OCC[C@H](O)CCCCCCCCCCC)[C@@H](OCC[C@H](O)CCCCCCCCCCC)[C@@H]2O)O[C@H](COC)[C@@H]1OP(=O)(O)O. The number of carboxylic acids is 1. The second-order valence-corrected chi connectivity index (χ2v) is 27.8. The number of hydrogen-bond donors (Lipinski definition) is 7. The summed E-state index contributed by atoms with van der Waals surface area (Å²) < 4.78 is 74.7. The summed E-state index contributed by atoms with van der Waals surface area (Å²) in [5.41, 5.74) is 0. The molecule has 0 aromatic heterocycles. The molecule has 546 valence electrons. The molecule has 2 heterocycles. The highest BCUT2D eigenvalue weighted by atomic mass is 31.2. The van der Waals surface area contributed by atoms with Gasteiger partial charge in [0.25, 0.3) is 0 Å². The minimum absolute atomic E-state index is 0.0000548. The molecule has 92 heavy (non-hydrogen) atoms. The second-order valence-electron chi connectivity index (χ2n) is 26.6. The van der Waals surface area contributed by atoms with Crippen LogP contribution in [-0.4, -0.2) is 175 Å². The van der Waals surface area contributed by atoms with Crippen LogP contribution in [0.3, 0.4) is 0 Å². The molecular weight excluding hydrogens is 1200 g/mol. The first-order valence-electron chi connectivity index (χ1n) is 37.3. The number of phosphoric acid groups is 1. The van der Waals surface area contributed by atoms with Gasteiger partial charge in [-0.1, -0.05) is 259 Å². The molecule has 0 spiro atoms. The smallest absolute Gasteiger partial charge is 0.470 e. The molecular formula is C71H138NO19P. The van der Waals surface area contributed by atoms with E-state index in [1.807, 2.05) is 0 Å². The zero-order valence-corrected chi connectivity index (χ0v) is 59.7. The number of hydrogen-bond acceptors (Lipinski definition) is 16. The number of aliphatic carboxylic acids is 1. The number of aliphatic hydroxyl groups excluding tert-OH is 3. The highest BCUT2D eigenvalue weighted by Crippen LogP contribution is 2.43. The van der Waals surface area contributed by atoms with E-state index < -0.39 is 106 Å². The lowest BCUT2D eigenvalue weighted by Crippen LogP contribution is -2.66. The monoisotopic (exact) mass is 1340 g/mol. The van der Waals surface area contributed by atoms with E-state index in [9.17, 15) is 44.4 Å². The van der Waals surface area contributed by atoms with Crippen LogP contribution in [0.4, 0.5) is 0 Å². The largest absolute Gasteiger partial charge is 0.480 e. The summed E-state index contributed by atoms with van der Waals surface area (Å²) >= 11 is 0. The number of nitrogens with one attached hydrogen (secondary N) is 1. The van der Waals surface area contributed by atoms with Crippen molar-refractivity contribution in [3.05, 3.63) is 0 Å². The van der Waals surface area contributed by atoms with Gasteiger partial charge in [-0.25, -0.2) is 9.36 Å². The van der Waals surface area contributed by atoms with Crippen molar-refractivity contribution in [1.82, 2.24) is 5.32 Å². The zero-order valence-electron chi connectivity index (χ0n) is 58.8.